The van der Waals surface area contributed by atoms with Gasteiger partial charge in [-0.15, -0.1) is 0 Å². The maximum atomic E-state index is 11.5. The van der Waals surface area contributed by atoms with Crippen LogP contribution in [0.2, 0.25) is 0 Å². The van der Waals surface area contributed by atoms with Crippen LogP contribution in [-0.2, 0) is 4.79 Å². The Kier molecular flexibility index (Phi) is 5.65. The van der Waals surface area contributed by atoms with E-state index in [-0.39, 0.29) is 11.8 Å². The number of hydrogen-bond acceptors (Lipinski definition) is 3. The number of likely N-dealkylation sites (N-methyl/N-ethyl adjacent to an activating group) is 1. The first-order chi connectivity index (χ1) is 7.27. The van der Waals surface area contributed by atoms with Crippen LogP contribution in [0.15, 0.2) is 0 Å². The van der Waals surface area contributed by atoms with Crippen LogP contribution in [0.3, 0.4) is 0 Å². The van der Waals surface area contributed by atoms with Crippen LogP contribution in [0, 0.1) is 5.92 Å². The first-order valence-corrected chi connectivity index (χ1v) is 5.98. The number of nitrogens with one attached hydrogen (secondary N) is 2. The molecule has 1 saturated heterocycles. The number of carbonyl (C=O) groups is 1. The number of rotatable bonds is 7. The third-order valence-corrected chi connectivity index (χ3v) is 2.87. The lowest BCUT2D eigenvalue weighted by Gasteiger charge is -2.26. The van der Waals surface area contributed by atoms with Crippen LogP contribution in [0.5, 0.6) is 0 Å². The molecule has 4 heteroatoms. The molecule has 1 rings (SSSR count). The molecule has 88 valence electrons. The van der Waals surface area contributed by atoms with Crippen molar-refractivity contribution in [2.45, 2.75) is 20.3 Å². The highest BCUT2D eigenvalue weighted by molar-refractivity contribution is 5.79. The fourth-order valence-electron chi connectivity index (χ4n) is 1.70. The lowest BCUT2D eigenvalue weighted by molar-refractivity contribution is -0.126. The van der Waals surface area contributed by atoms with Crippen LogP contribution < -0.4 is 10.6 Å². The second-order valence-corrected chi connectivity index (χ2v) is 4.08. The molecular formula is C11H23N3O. The van der Waals surface area contributed by atoms with E-state index >= 15 is 0 Å². The van der Waals surface area contributed by atoms with Crippen molar-refractivity contribution in [3.05, 3.63) is 0 Å². The highest BCUT2D eigenvalue weighted by Gasteiger charge is 2.24. The topological polar surface area (TPSA) is 44.4 Å². The zero-order valence-electron chi connectivity index (χ0n) is 9.88. The SMILES string of the molecule is CCCN(CC)CCNC(=O)C1CNC1. The zero-order chi connectivity index (χ0) is 11.1. The van der Waals surface area contributed by atoms with Gasteiger partial charge in [-0.25, -0.2) is 0 Å². The number of nitrogens with zero attached hydrogens (tertiary/aromatic N) is 1. The van der Waals surface area contributed by atoms with Gasteiger partial charge in [0.15, 0.2) is 0 Å². The Morgan fingerprint density at radius 3 is 2.60 bits per heavy atom. The van der Waals surface area contributed by atoms with Crippen molar-refractivity contribution in [2.24, 2.45) is 5.92 Å². The van der Waals surface area contributed by atoms with Crippen molar-refractivity contribution in [3.63, 3.8) is 0 Å². The first-order valence-electron chi connectivity index (χ1n) is 5.98. The Balaban J connectivity index is 2.05. The molecule has 0 aliphatic carbocycles. The summed E-state index contributed by atoms with van der Waals surface area (Å²) in [6.45, 7) is 9.97. The predicted molar refractivity (Wildman–Crippen MR) is 61.8 cm³/mol. The molecule has 0 saturated carbocycles. The fraction of sp³-hybridized carbons (Fsp3) is 0.909. The summed E-state index contributed by atoms with van der Waals surface area (Å²) in [7, 11) is 0. The third kappa shape index (κ3) is 4.18. The average molecular weight is 213 g/mol. The van der Waals surface area contributed by atoms with Gasteiger partial charge in [0, 0.05) is 26.2 Å². The zero-order valence-corrected chi connectivity index (χ0v) is 9.88. The summed E-state index contributed by atoms with van der Waals surface area (Å²) in [6, 6.07) is 0. The largest absolute Gasteiger partial charge is 0.354 e. The molecule has 1 aliphatic heterocycles. The summed E-state index contributed by atoms with van der Waals surface area (Å²) in [4.78, 5) is 13.8. The van der Waals surface area contributed by atoms with E-state index in [1.54, 1.807) is 0 Å². The van der Waals surface area contributed by atoms with Crippen LogP contribution in [0.4, 0.5) is 0 Å². The smallest absolute Gasteiger partial charge is 0.225 e. The third-order valence-electron chi connectivity index (χ3n) is 2.87. The summed E-state index contributed by atoms with van der Waals surface area (Å²) in [6.07, 6.45) is 1.17. The van der Waals surface area contributed by atoms with E-state index in [9.17, 15) is 4.79 Å². The van der Waals surface area contributed by atoms with E-state index in [2.05, 4.69) is 29.4 Å². The standard InChI is InChI=1S/C11H23N3O/c1-3-6-14(4-2)7-5-13-11(15)10-8-12-9-10/h10,12H,3-9H2,1-2H3,(H,13,15). The second kappa shape index (κ2) is 6.80. The van der Waals surface area contributed by atoms with Gasteiger partial charge in [0.2, 0.25) is 5.91 Å². The van der Waals surface area contributed by atoms with E-state index in [4.69, 9.17) is 0 Å². The van der Waals surface area contributed by atoms with Gasteiger partial charge in [-0.1, -0.05) is 13.8 Å². The van der Waals surface area contributed by atoms with Crippen LogP contribution in [-0.4, -0.2) is 50.1 Å². The van der Waals surface area contributed by atoms with Crippen molar-refractivity contribution >= 4 is 5.91 Å². The minimum Gasteiger partial charge on any atom is -0.354 e. The molecule has 0 aromatic heterocycles. The Morgan fingerprint density at radius 2 is 2.13 bits per heavy atom. The van der Waals surface area contributed by atoms with E-state index in [0.717, 1.165) is 39.3 Å². The fourth-order valence-corrected chi connectivity index (χ4v) is 1.70. The second-order valence-electron chi connectivity index (χ2n) is 4.08. The summed E-state index contributed by atoms with van der Waals surface area (Å²) in [5.41, 5.74) is 0. The minimum absolute atomic E-state index is 0.210. The van der Waals surface area contributed by atoms with E-state index in [1.807, 2.05) is 0 Å². The molecule has 15 heavy (non-hydrogen) atoms. The molecule has 0 bridgehead atoms. The molecule has 0 unspecified atom stereocenters. The van der Waals surface area contributed by atoms with Gasteiger partial charge in [-0.05, 0) is 19.5 Å². The van der Waals surface area contributed by atoms with Crippen molar-refractivity contribution in [3.8, 4) is 0 Å². The number of amides is 1. The Labute approximate surface area is 92.4 Å². The van der Waals surface area contributed by atoms with Gasteiger partial charge < -0.3 is 15.5 Å². The Hall–Kier alpha value is -0.610. The van der Waals surface area contributed by atoms with Crippen LogP contribution in [0.1, 0.15) is 20.3 Å². The maximum absolute atomic E-state index is 11.5. The summed E-state index contributed by atoms with van der Waals surface area (Å²) in [5.74, 6) is 0.424. The van der Waals surface area contributed by atoms with Crippen molar-refractivity contribution in [1.29, 1.82) is 0 Å². The molecule has 1 fully saturated rings. The molecule has 4 nitrogen and oxygen atoms in total. The molecule has 1 amide bonds. The molecule has 0 atom stereocenters. The Morgan fingerprint density at radius 1 is 1.40 bits per heavy atom. The highest BCUT2D eigenvalue weighted by atomic mass is 16.2. The minimum atomic E-state index is 0.210. The van der Waals surface area contributed by atoms with Crippen LogP contribution >= 0.6 is 0 Å². The van der Waals surface area contributed by atoms with Crippen molar-refractivity contribution < 1.29 is 4.79 Å². The van der Waals surface area contributed by atoms with Crippen molar-refractivity contribution in [2.75, 3.05) is 39.3 Å². The molecule has 0 aromatic carbocycles. The molecule has 1 heterocycles. The van der Waals surface area contributed by atoms with E-state index in [1.165, 1.54) is 6.42 Å². The Bertz CT molecular complexity index is 192. The number of hydrogen-bond donors (Lipinski definition) is 2. The van der Waals surface area contributed by atoms with Gasteiger partial charge in [0.25, 0.3) is 0 Å². The quantitative estimate of drug-likeness (QED) is 0.628. The van der Waals surface area contributed by atoms with Gasteiger partial charge in [0.05, 0.1) is 5.92 Å². The molecule has 0 aromatic rings. The highest BCUT2D eigenvalue weighted by Crippen LogP contribution is 2.01. The molecule has 2 N–H and O–H groups in total. The van der Waals surface area contributed by atoms with Crippen molar-refractivity contribution in [1.82, 2.24) is 15.5 Å². The average Bonchev–Trinajstić information content (AvgIpc) is 2.13. The van der Waals surface area contributed by atoms with Gasteiger partial charge >= 0.3 is 0 Å². The summed E-state index contributed by atoms with van der Waals surface area (Å²) >= 11 is 0. The number of carbonyl (C=O) groups excluding carboxylic acids is 1. The van der Waals surface area contributed by atoms with Gasteiger partial charge in [-0.3, -0.25) is 4.79 Å². The molecular weight excluding hydrogens is 190 g/mol. The normalized spacial score (nSPS) is 16.5. The lowest BCUT2D eigenvalue weighted by atomic mass is 10.0. The lowest BCUT2D eigenvalue weighted by Crippen LogP contribution is -2.51. The molecule has 0 spiro atoms. The van der Waals surface area contributed by atoms with Gasteiger partial charge in [-0.2, -0.15) is 0 Å². The predicted octanol–water partition coefficient (Wildman–Crippen LogP) is 0.0539. The summed E-state index contributed by atoms with van der Waals surface area (Å²) in [5, 5.41) is 6.09. The van der Waals surface area contributed by atoms with Crippen LogP contribution in [0.25, 0.3) is 0 Å². The molecule has 0 radical (unpaired) electrons. The van der Waals surface area contributed by atoms with Gasteiger partial charge in [0.1, 0.15) is 0 Å². The van der Waals surface area contributed by atoms with E-state index in [0.29, 0.717) is 0 Å². The molecule has 1 aliphatic rings. The maximum Gasteiger partial charge on any atom is 0.225 e. The first kappa shape index (κ1) is 12.5. The summed E-state index contributed by atoms with van der Waals surface area (Å²) < 4.78 is 0. The van der Waals surface area contributed by atoms with E-state index < -0.39 is 0 Å². The monoisotopic (exact) mass is 213 g/mol.